The van der Waals surface area contributed by atoms with Crippen LogP contribution in [-0.2, 0) is 16.0 Å². The number of nitrogens with zero attached hydrogens (tertiary/aromatic N) is 1. The summed E-state index contributed by atoms with van der Waals surface area (Å²) in [5, 5.41) is 2.98. The van der Waals surface area contributed by atoms with Gasteiger partial charge in [0.15, 0.2) is 0 Å². The highest BCUT2D eigenvalue weighted by atomic mass is 32.2. The molecule has 5 heteroatoms. The lowest BCUT2D eigenvalue weighted by Crippen LogP contribution is -2.28. The molecule has 32 heavy (non-hydrogen) atoms. The SMILES string of the molecule is CCc1ccccc1N1C(=O)CS[C@H]1c1cccc(NC(=O)[C@@H](CC)c2ccccc2)c1. The summed E-state index contributed by atoms with van der Waals surface area (Å²) in [5.74, 6) is 0.352. The monoisotopic (exact) mass is 444 g/mol. The van der Waals surface area contributed by atoms with Gasteiger partial charge in [-0.1, -0.05) is 74.5 Å². The van der Waals surface area contributed by atoms with Crippen molar-refractivity contribution in [2.45, 2.75) is 38.0 Å². The minimum absolute atomic E-state index is 0.0146. The summed E-state index contributed by atoms with van der Waals surface area (Å²) >= 11 is 1.62. The molecule has 2 atom stereocenters. The zero-order valence-corrected chi connectivity index (χ0v) is 19.3. The molecule has 2 amide bonds. The molecule has 1 N–H and O–H groups in total. The van der Waals surface area contributed by atoms with Gasteiger partial charge in [-0.05, 0) is 47.7 Å². The smallest absolute Gasteiger partial charge is 0.238 e. The first-order chi connectivity index (χ1) is 15.6. The second-order valence-electron chi connectivity index (χ2n) is 7.90. The molecule has 1 fully saturated rings. The molecular formula is C27H28N2O2S. The van der Waals surface area contributed by atoms with Gasteiger partial charge in [0, 0.05) is 11.4 Å². The average Bonchev–Trinajstić information content (AvgIpc) is 3.21. The number of aryl methyl sites for hydroxylation is 1. The quantitative estimate of drug-likeness (QED) is 0.475. The lowest BCUT2D eigenvalue weighted by molar-refractivity contribution is -0.118. The second-order valence-corrected chi connectivity index (χ2v) is 8.96. The molecule has 0 spiro atoms. The van der Waals surface area contributed by atoms with Crippen molar-refractivity contribution in [1.29, 1.82) is 0 Å². The normalized spacial score (nSPS) is 16.8. The first-order valence-electron chi connectivity index (χ1n) is 11.1. The van der Waals surface area contributed by atoms with Crippen LogP contribution in [0.4, 0.5) is 11.4 Å². The van der Waals surface area contributed by atoms with Crippen molar-refractivity contribution in [3.8, 4) is 0 Å². The number of carbonyl (C=O) groups excluding carboxylic acids is 2. The van der Waals surface area contributed by atoms with Gasteiger partial charge in [-0.25, -0.2) is 0 Å². The van der Waals surface area contributed by atoms with E-state index in [1.807, 2.05) is 84.6 Å². The fourth-order valence-electron chi connectivity index (χ4n) is 4.23. The summed E-state index contributed by atoms with van der Waals surface area (Å²) in [6.07, 6.45) is 1.59. The molecule has 1 saturated heterocycles. The van der Waals surface area contributed by atoms with E-state index in [4.69, 9.17) is 0 Å². The molecule has 0 radical (unpaired) electrons. The molecule has 0 aromatic heterocycles. The molecule has 0 bridgehead atoms. The minimum Gasteiger partial charge on any atom is -0.326 e. The van der Waals surface area contributed by atoms with Crippen LogP contribution in [0.3, 0.4) is 0 Å². The van der Waals surface area contributed by atoms with Crippen molar-refractivity contribution >= 4 is 35.0 Å². The number of rotatable bonds is 7. The number of hydrogen-bond donors (Lipinski definition) is 1. The van der Waals surface area contributed by atoms with E-state index < -0.39 is 0 Å². The van der Waals surface area contributed by atoms with Gasteiger partial charge in [0.1, 0.15) is 5.37 Å². The van der Waals surface area contributed by atoms with E-state index in [1.165, 1.54) is 0 Å². The molecule has 1 heterocycles. The summed E-state index contributed by atoms with van der Waals surface area (Å²) in [5.41, 5.74) is 4.91. The van der Waals surface area contributed by atoms with Crippen LogP contribution >= 0.6 is 11.8 Å². The van der Waals surface area contributed by atoms with Gasteiger partial charge in [-0.2, -0.15) is 0 Å². The van der Waals surface area contributed by atoms with Crippen LogP contribution in [-0.4, -0.2) is 17.6 Å². The summed E-state index contributed by atoms with van der Waals surface area (Å²) in [6, 6.07) is 25.8. The van der Waals surface area contributed by atoms with Crippen LogP contribution in [0.2, 0.25) is 0 Å². The van der Waals surface area contributed by atoms with E-state index in [0.717, 1.165) is 40.9 Å². The topological polar surface area (TPSA) is 49.4 Å². The lowest BCUT2D eigenvalue weighted by Gasteiger charge is -2.27. The maximum absolute atomic E-state index is 13.0. The highest BCUT2D eigenvalue weighted by molar-refractivity contribution is 8.00. The number of nitrogens with one attached hydrogen (secondary N) is 1. The fourth-order valence-corrected chi connectivity index (χ4v) is 5.39. The van der Waals surface area contributed by atoms with Gasteiger partial charge in [-0.3, -0.25) is 14.5 Å². The lowest BCUT2D eigenvalue weighted by atomic mass is 9.95. The Hall–Kier alpha value is -3.05. The van der Waals surface area contributed by atoms with Gasteiger partial charge >= 0.3 is 0 Å². The Bertz CT molecular complexity index is 1100. The molecule has 1 aliphatic heterocycles. The van der Waals surface area contributed by atoms with E-state index in [1.54, 1.807) is 11.8 Å². The van der Waals surface area contributed by atoms with E-state index in [2.05, 4.69) is 18.3 Å². The zero-order chi connectivity index (χ0) is 22.5. The number of benzene rings is 3. The highest BCUT2D eigenvalue weighted by Crippen LogP contribution is 2.43. The number of para-hydroxylation sites is 1. The van der Waals surface area contributed by atoms with Crippen LogP contribution in [0.15, 0.2) is 78.9 Å². The molecular weight excluding hydrogens is 416 g/mol. The van der Waals surface area contributed by atoms with E-state index >= 15 is 0 Å². The Morgan fingerprint density at radius 2 is 1.78 bits per heavy atom. The predicted octanol–water partition coefficient (Wildman–Crippen LogP) is 6.16. The van der Waals surface area contributed by atoms with Crippen molar-refractivity contribution < 1.29 is 9.59 Å². The Balaban J connectivity index is 1.58. The van der Waals surface area contributed by atoms with Crippen molar-refractivity contribution in [3.05, 3.63) is 95.6 Å². The maximum atomic E-state index is 13.0. The number of amides is 2. The predicted molar refractivity (Wildman–Crippen MR) is 133 cm³/mol. The van der Waals surface area contributed by atoms with Crippen molar-refractivity contribution in [1.82, 2.24) is 0 Å². The van der Waals surface area contributed by atoms with E-state index in [0.29, 0.717) is 5.75 Å². The Labute approximate surface area is 194 Å². The van der Waals surface area contributed by atoms with Gasteiger partial charge < -0.3 is 5.32 Å². The zero-order valence-electron chi connectivity index (χ0n) is 18.5. The molecule has 4 nitrogen and oxygen atoms in total. The minimum atomic E-state index is -0.199. The second kappa shape index (κ2) is 10.0. The van der Waals surface area contributed by atoms with Crippen molar-refractivity contribution in [3.63, 3.8) is 0 Å². The number of anilines is 2. The number of carbonyl (C=O) groups is 2. The summed E-state index contributed by atoms with van der Waals surface area (Å²) < 4.78 is 0. The molecule has 0 aliphatic carbocycles. The fraction of sp³-hybridized carbons (Fsp3) is 0.259. The molecule has 0 unspecified atom stereocenters. The van der Waals surface area contributed by atoms with Gasteiger partial charge in [0.25, 0.3) is 0 Å². The average molecular weight is 445 g/mol. The Morgan fingerprint density at radius 1 is 1.03 bits per heavy atom. The third kappa shape index (κ3) is 4.58. The summed E-state index contributed by atoms with van der Waals surface area (Å²) in [7, 11) is 0. The highest BCUT2D eigenvalue weighted by Gasteiger charge is 2.35. The van der Waals surface area contributed by atoms with E-state index in [9.17, 15) is 9.59 Å². The summed E-state index contributed by atoms with van der Waals surface area (Å²) in [6.45, 7) is 4.13. The number of hydrogen-bond acceptors (Lipinski definition) is 3. The van der Waals surface area contributed by atoms with E-state index in [-0.39, 0.29) is 23.1 Å². The first-order valence-corrected chi connectivity index (χ1v) is 12.1. The summed E-state index contributed by atoms with van der Waals surface area (Å²) in [4.78, 5) is 27.7. The number of thioether (sulfide) groups is 1. The Morgan fingerprint density at radius 3 is 2.53 bits per heavy atom. The van der Waals surface area contributed by atoms with Crippen molar-refractivity contribution in [2.75, 3.05) is 16.0 Å². The molecule has 3 aromatic rings. The van der Waals surface area contributed by atoms with Gasteiger partial charge in [0.2, 0.25) is 11.8 Å². The standard InChI is InChI=1S/C27H28N2O2S/c1-3-19-11-8-9-16-24(19)29-25(30)18-32-27(29)21-14-10-15-22(17-21)28-26(31)23(4-2)20-12-6-5-7-13-20/h5-17,23,27H,3-4,18H2,1-2H3,(H,28,31)/t23-,27-/m0/s1. The molecule has 0 saturated carbocycles. The van der Waals surface area contributed by atoms with Crippen LogP contribution in [0.5, 0.6) is 0 Å². The van der Waals surface area contributed by atoms with Crippen LogP contribution in [0.1, 0.15) is 48.3 Å². The molecule has 164 valence electrons. The molecule has 3 aromatic carbocycles. The van der Waals surface area contributed by atoms with Crippen LogP contribution in [0.25, 0.3) is 0 Å². The van der Waals surface area contributed by atoms with Crippen LogP contribution < -0.4 is 10.2 Å². The van der Waals surface area contributed by atoms with Gasteiger partial charge in [-0.15, -0.1) is 11.8 Å². The van der Waals surface area contributed by atoms with Gasteiger partial charge in [0.05, 0.1) is 11.7 Å². The molecule has 4 rings (SSSR count). The third-order valence-electron chi connectivity index (χ3n) is 5.87. The molecule has 1 aliphatic rings. The largest absolute Gasteiger partial charge is 0.326 e. The van der Waals surface area contributed by atoms with Crippen LogP contribution in [0, 0.1) is 0 Å². The maximum Gasteiger partial charge on any atom is 0.238 e. The third-order valence-corrected chi connectivity index (χ3v) is 7.08. The van der Waals surface area contributed by atoms with Crippen molar-refractivity contribution in [2.24, 2.45) is 0 Å². The Kier molecular flexibility index (Phi) is 6.96. The first kappa shape index (κ1) is 22.2.